The predicted octanol–water partition coefficient (Wildman–Crippen LogP) is 0.931. The van der Waals surface area contributed by atoms with Gasteiger partial charge >= 0.3 is 0 Å². The maximum absolute atomic E-state index is 12.3. The van der Waals surface area contributed by atoms with Crippen molar-refractivity contribution in [3.63, 3.8) is 0 Å². The van der Waals surface area contributed by atoms with Gasteiger partial charge in [0.25, 0.3) is 0 Å². The summed E-state index contributed by atoms with van der Waals surface area (Å²) in [5.74, 6) is -0.111. The van der Waals surface area contributed by atoms with Crippen molar-refractivity contribution in [3.05, 3.63) is 12.2 Å². The number of hydrogen-bond acceptors (Lipinski definition) is 4. The highest BCUT2D eigenvalue weighted by atomic mass is 32.1. The molecule has 6 nitrogen and oxygen atoms in total. The molecule has 0 aromatic carbocycles. The molecular weight excluding hydrogens is 288 g/mol. The van der Waals surface area contributed by atoms with Gasteiger partial charge < -0.3 is 5.32 Å². The van der Waals surface area contributed by atoms with Gasteiger partial charge in [-0.15, -0.1) is 0 Å². The van der Waals surface area contributed by atoms with Crippen LogP contribution in [-0.4, -0.2) is 47.0 Å². The van der Waals surface area contributed by atoms with E-state index in [1.165, 1.54) is 4.90 Å². The SMILES string of the molecule is CC(C)CCNC(=O)CN1C(=O)C2C=CC=NC2=NC1=S. The first-order valence-corrected chi connectivity index (χ1v) is 7.31. The summed E-state index contributed by atoms with van der Waals surface area (Å²) in [4.78, 5) is 33.6. The van der Waals surface area contributed by atoms with E-state index in [2.05, 4.69) is 29.1 Å². The maximum Gasteiger partial charge on any atom is 0.243 e. The molecule has 0 aromatic heterocycles. The highest BCUT2D eigenvalue weighted by Crippen LogP contribution is 2.18. The van der Waals surface area contributed by atoms with Crippen molar-refractivity contribution < 1.29 is 9.59 Å². The molecule has 2 amide bonds. The van der Waals surface area contributed by atoms with Gasteiger partial charge in [0.15, 0.2) is 0 Å². The van der Waals surface area contributed by atoms with Crippen LogP contribution in [0.1, 0.15) is 20.3 Å². The zero-order valence-electron chi connectivity index (χ0n) is 12.1. The Hall–Kier alpha value is -1.89. The van der Waals surface area contributed by atoms with E-state index in [0.717, 1.165) is 6.42 Å². The number of dihydropyridines is 1. The van der Waals surface area contributed by atoms with Gasteiger partial charge in [0.1, 0.15) is 18.3 Å². The number of nitrogens with zero attached hydrogens (tertiary/aromatic N) is 3. The monoisotopic (exact) mass is 306 g/mol. The Morgan fingerprint density at radius 3 is 3.00 bits per heavy atom. The lowest BCUT2D eigenvalue weighted by Gasteiger charge is -2.29. The molecule has 1 N–H and O–H groups in total. The van der Waals surface area contributed by atoms with E-state index in [0.29, 0.717) is 18.3 Å². The van der Waals surface area contributed by atoms with Crippen LogP contribution < -0.4 is 5.32 Å². The van der Waals surface area contributed by atoms with Crippen molar-refractivity contribution in [2.75, 3.05) is 13.1 Å². The first kappa shape index (κ1) is 15.5. The van der Waals surface area contributed by atoms with Gasteiger partial charge in [-0.1, -0.05) is 19.9 Å². The summed E-state index contributed by atoms with van der Waals surface area (Å²) < 4.78 is 0. The van der Waals surface area contributed by atoms with Gasteiger partial charge in [-0.05, 0) is 30.6 Å². The van der Waals surface area contributed by atoms with Crippen LogP contribution in [-0.2, 0) is 9.59 Å². The third-order valence-corrected chi connectivity index (χ3v) is 3.51. The van der Waals surface area contributed by atoms with Crippen LogP contribution in [0.2, 0.25) is 0 Å². The molecule has 1 unspecified atom stereocenters. The molecule has 21 heavy (non-hydrogen) atoms. The van der Waals surface area contributed by atoms with Crippen LogP contribution in [0.4, 0.5) is 0 Å². The van der Waals surface area contributed by atoms with Gasteiger partial charge in [-0.25, -0.2) is 9.98 Å². The molecule has 0 saturated carbocycles. The molecule has 0 aliphatic carbocycles. The summed E-state index contributed by atoms with van der Waals surface area (Å²) in [6.07, 6.45) is 5.86. The average Bonchev–Trinajstić information content (AvgIpc) is 2.43. The Labute approximate surface area is 129 Å². The van der Waals surface area contributed by atoms with E-state index in [1.54, 1.807) is 18.4 Å². The quantitative estimate of drug-likeness (QED) is 0.768. The van der Waals surface area contributed by atoms with E-state index < -0.39 is 5.92 Å². The molecule has 0 saturated heterocycles. The van der Waals surface area contributed by atoms with Crippen LogP contribution in [0, 0.1) is 11.8 Å². The van der Waals surface area contributed by atoms with Gasteiger partial charge in [0.05, 0.1) is 0 Å². The number of fused-ring (bicyclic) bond motifs is 1. The predicted molar refractivity (Wildman–Crippen MR) is 85.3 cm³/mol. The zero-order chi connectivity index (χ0) is 15.4. The third kappa shape index (κ3) is 3.81. The van der Waals surface area contributed by atoms with Crippen molar-refractivity contribution >= 4 is 41.2 Å². The molecule has 2 aliphatic rings. The molecule has 0 bridgehead atoms. The topological polar surface area (TPSA) is 74.1 Å². The van der Waals surface area contributed by atoms with Crippen molar-refractivity contribution in [2.24, 2.45) is 21.8 Å². The fourth-order valence-electron chi connectivity index (χ4n) is 2.00. The van der Waals surface area contributed by atoms with Crippen molar-refractivity contribution in [1.29, 1.82) is 0 Å². The summed E-state index contributed by atoms with van der Waals surface area (Å²) in [5, 5.41) is 2.88. The largest absolute Gasteiger partial charge is 0.355 e. The van der Waals surface area contributed by atoms with Crippen molar-refractivity contribution in [3.8, 4) is 0 Å². The number of amidine groups is 1. The minimum absolute atomic E-state index is 0.0951. The number of carbonyl (C=O) groups excluding carboxylic acids is 2. The Morgan fingerprint density at radius 1 is 1.52 bits per heavy atom. The van der Waals surface area contributed by atoms with Crippen LogP contribution in [0.5, 0.6) is 0 Å². The smallest absolute Gasteiger partial charge is 0.243 e. The molecule has 1 atom stereocenters. The van der Waals surface area contributed by atoms with Gasteiger partial charge in [0.2, 0.25) is 16.9 Å². The lowest BCUT2D eigenvalue weighted by atomic mass is 10.0. The second-order valence-corrected chi connectivity index (χ2v) is 5.72. The third-order valence-electron chi connectivity index (χ3n) is 3.19. The lowest BCUT2D eigenvalue weighted by molar-refractivity contribution is -0.133. The molecule has 2 aliphatic heterocycles. The number of thiocarbonyl (C=S) groups is 1. The zero-order valence-corrected chi connectivity index (χ0v) is 12.9. The van der Waals surface area contributed by atoms with E-state index in [9.17, 15) is 9.59 Å². The number of carbonyl (C=O) groups is 2. The molecule has 0 fully saturated rings. The second kappa shape index (κ2) is 6.71. The van der Waals surface area contributed by atoms with Crippen LogP contribution in [0.3, 0.4) is 0 Å². The van der Waals surface area contributed by atoms with Gasteiger partial charge in [-0.3, -0.25) is 14.5 Å². The first-order chi connectivity index (χ1) is 9.99. The van der Waals surface area contributed by atoms with Crippen LogP contribution in [0.15, 0.2) is 22.1 Å². The van der Waals surface area contributed by atoms with Crippen molar-refractivity contribution in [2.45, 2.75) is 20.3 Å². The highest BCUT2D eigenvalue weighted by molar-refractivity contribution is 7.80. The number of hydrogen-bond donors (Lipinski definition) is 1. The van der Waals surface area contributed by atoms with E-state index in [-0.39, 0.29) is 23.5 Å². The van der Waals surface area contributed by atoms with Crippen LogP contribution in [0.25, 0.3) is 0 Å². The molecule has 2 heterocycles. The molecular formula is C14H18N4O2S. The molecule has 7 heteroatoms. The molecule has 2 rings (SSSR count). The highest BCUT2D eigenvalue weighted by Gasteiger charge is 2.35. The summed E-state index contributed by atoms with van der Waals surface area (Å²) in [5.41, 5.74) is 0. The Kier molecular flexibility index (Phi) is 4.95. The first-order valence-electron chi connectivity index (χ1n) is 6.90. The summed E-state index contributed by atoms with van der Waals surface area (Å²) >= 11 is 5.08. The Morgan fingerprint density at radius 2 is 2.29 bits per heavy atom. The summed E-state index contributed by atoms with van der Waals surface area (Å²) in [7, 11) is 0. The summed E-state index contributed by atoms with van der Waals surface area (Å²) in [6, 6.07) is 0. The average molecular weight is 306 g/mol. The number of allylic oxidation sites excluding steroid dienone is 1. The fourth-order valence-corrected chi connectivity index (χ4v) is 2.25. The van der Waals surface area contributed by atoms with E-state index in [4.69, 9.17) is 12.2 Å². The molecule has 0 radical (unpaired) electrons. The number of aliphatic imine (C=N–C) groups is 2. The Bertz CT molecular complexity index is 551. The second-order valence-electron chi connectivity index (χ2n) is 5.35. The van der Waals surface area contributed by atoms with Gasteiger partial charge in [0, 0.05) is 12.8 Å². The molecule has 0 aromatic rings. The van der Waals surface area contributed by atoms with Gasteiger partial charge in [-0.2, -0.15) is 0 Å². The Balaban J connectivity index is 1.97. The standard InChI is InChI=1S/C14H18N4O2S/c1-9(2)5-7-15-11(19)8-18-13(20)10-4-3-6-16-12(10)17-14(18)21/h3-4,6,9-10H,5,7-8H2,1-2H3,(H,15,19). The normalized spacial score (nSPS) is 20.6. The van der Waals surface area contributed by atoms with E-state index in [1.807, 2.05) is 0 Å². The van der Waals surface area contributed by atoms with E-state index >= 15 is 0 Å². The molecule has 112 valence electrons. The number of rotatable bonds is 5. The fraction of sp³-hybridized carbons (Fsp3) is 0.500. The van der Waals surface area contributed by atoms with Crippen molar-refractivity contribution in [1.82, 2.24) is 10.2 Å². The lowest BCUT2D eigenvalue weighted by Crippen LogP contribution is -2.50. The summed E-state index contributed by atoms with van der Waals surface area (Å²) in [6.45, 7) is 4.66. The minimum atomic E-state index is -0.537. The number of amides is 2. The minimum Gasteiger partial charge on any atom is -0.355 e. The number of nitrogens with one attached hydrogen (secondary N) is 1. The van der Waals surface area contributed by atoms with Crippen LogP contribution >= 0.6 is 12.2 Å². The molecule has 0 spiro atoms. The maximum atomic E-state index is 12.3.